The van der Waals surface area contributed by atoms with Crippen molar-refractivity contribution >= 4 is 17.7 Å². The Hall–Kier alpha value is -1.08. The molecule has 7 heteroatoms. The van der Waals surface area contributed by atoms with Gasteiger partial charge >= 0.3 is 0 Å². The van der Waals surface area contributed by atoms with E-state index in [1.165, 1.54) is 16.7 Å². The van der Waals surface area contributed by atoms with E-state index in [9.17, 15) is 4.79 Å². The third-order valence-corrected chi connectivity index (χ3v) is 3.05. The maximum atomic E-state index is 11.4. The Morgan fingerprint density at radius 1 is 1.47 bits per heavy atom. The van der Waals surface area contributed by atoms with Gasteiger partial charge in [0.15, 0.2) is 0 Å². The fourth-order valence-corrected chi connectivity index (χ4v) is 1.70. The van der Waals surface area contributed by atoms with Crippen molar-refractivity contribution in [1.82, 2.24) is 15.1 Å². The molecular formula is C10H18N4O2S. The molecule has 6 nitrogen and oxygen atoms in total. The minimum Gasteiger partial charge on any atom is -0.414 e. The van der Waals surface area contributed by atoms with E-state index in [4.69, 9.17) is 10.2 Å². The van der Waals surface area contributed by atoms with Gasteiger partial charge in [0.1, 0.15) is 0 Å². The summed E-state index contributed by atoms with van der Waals surface area (Å²) in [6.07, 6.45) is 0. The van der Waals surface area contributed by atoms with Crippen LogP contribution in [0.1, 0.15) is 25.8 Å². The lowest BCUT2D eigenvalue weighted by Gasteiger charge is -2.09. The summed E-state index contributed by atoms with van der Waals surface area (Å²) in [5.74, 6) is 0.936. The number of thioether (sulfide) groups is 1. The molecule has 0 aliphatic heterocycles. The average molecular weight is 258 g/mol. The van der Waals surface area contributed by atoms with Crippen molar-refractivity contribution < 1.29 is 9.21 Å². The normalized spacial score (nSPS) is 12.8. The van der Waals surface area contributed by atoms with Crippen LogP contribution >= 0.6 is 11.8 Å². The minimum atomic E-state index is -0.263. The fraction of sp³-hybridized carbons (Fsp3) is 0.700. The number of amides is 1. The predicted molar refractivity (Wildman–Crippen MR) is 65.5 cm³/mol. The second kappa shape index (κ2) is 6.02. The lowest BCUT2D eigenvalue weighted by molar-refractivity contribution is -0.125. The van der Waals surface area contributed by atoms with Crippen molar-refractivity contribution in [2.75, 3.05) is 19.8 Å². The maximum absolute atomic E-state index is 11.4. The Labute approximate surface area is 105 Å². The summed E-state index contributed by atoms with van der Waals surface area (Å²) >= 11 is 1.22. The van der Waals surface area contributed by atoms with Gasteiger partial charge in [-0.05, 0) is 5.92 Å². The number of carbonyl (C=O) groups is 1. The molecule has 1 heterocycles. The van der Waals surface area contributed by atoms with Gasteiger partial charge in [-0.1, -0.05) is 25.6 Å². The van der Waals surface area contributed by atoms with Crippen molar-refractivity contribution in [3.8, 4) is 0 Å². The molecule has 1 aromatic rings. The van der Waals surface area contributed by atoms with Gasteiger partial charge in [-0.2, -0.15) is 0 Å². The predicted octanol–water partition coefficient (Wildman–Crippen LogP) is 0.906. The summed E-state index contributed by atoms with van der Waals surface area (Å²) in [5.41, 5.74) is 5.87. The number of aromatic nitrogens is 2. The largest absolute Gasteiger partial charge is 0.414 e. The lowest BCUT2D eigenvalue weighted by Crippen LogP contribution is -2.23. The Kier molecular flexibility index (Phi) is 4.95. The van der Waals surface area contributed by atoms with Crippen LogP contribution in [0.5, 0.6) is 0 Å². The van der Waals surface area contributed by atoms with E-state index in [1.54, 1.807) is 14.1 Å². The summed E-state index contributed by atoms with van der Waals surface area (Å²) in [4.78, 5) is 12.9. The molecule has 96 valence electrons. The molecular weight excluding hydrogens is 240 g/mol. The van der Waals surface area contributed by atoms with Gasteiger partial charge in [0, 0.05) is 14.1 Å². The number of nitrogens with two attached hydrogens (primary N) is 1. The van der Waals surface area contributed by atoms with Gasteiger partial charge in [-0.3, -0.25) is 4.79 Å². The molecule has 1 rings (SSSR count). The highest BCUT2D eigenvalue weighted by atomic mass is 32.2. The molecule has 0 saturated heterocycles. The fourth-order valence-electron chi connectivity index (χ4n) is 0.951. The van der Waals surface area contributed by atoms with Gasteiger partial charge in [0.2, 0.25) is 11.8 Å². The van der Waals surface area contributed by atoms with Gasteiger partial charge in [0.05, 0.1) is 11.8 Å². The molecule has 2 N–H and O–H groups in total. The van der Waals surface area contributed by atoms with Gasteiger partial charge in [-0.25, -0.2) is 0 Å². The zero-order valence-electron chi connectivity index (χ0n) is 10.5. The van der Waals surface area contributed by atoms with Crippen molar-refractivity contribution in [1.29, 1.82) is 0 Å². The maximum Gasteiger partial charge on any atom is 0.277 e. The van der Waals surface area contributed by atoms with E-state index in [1.807, 2.05) is 13.8 Å². The first-order valence-corrected chi connectivity index (χ1v) is 6.32. The third-order valence-electron chi connectivity index (χ3n) is 2.24. The molecule has 0 bridgehead atoms. The van der Waals surface area contributed by atoms with Crippen LogP contribution in [0, 0.1) is 5.92 Å². The van der Waals surface area contributed by atoms with Crippen molar-refractivity contribution in [3.63, 3.8) is 0 Å². The SMILES string of the molecule is CC(C)[C@H](N)c1nnc(SCC(=O)N(C)C)o1. The topological polar surface area (TPSA) is 85.2 Å². The van der Waals surface area contributed by atoms with Crippen LogP contribution < -0.4 is 5.73 Å². The Bertz CT molecular complexity index is 378. The molecule has 0 radical (unpaired) electrons. The molecule has 0 unspecified atom stereocenters. The minimum absolute atomic E-state index is 0.00269. The van der Waals surface area contributed by atoms with Gasteiger partial charge in [-0.15, -0.1) is 10.2 Å². The average Bonchev–Trinajstić information content (AvgIpc) is 2.72. The Balaban J connectivity index is 2.54. The highest BCUT2D eigenvalue weighted by Gasteiger charge is 2.18. The number of carbonyl (C=O) groups excluding carboxylic acids is 1. The Morgan fingerprint density at radius 3 is 2.65 bits per heavy atom. The summed E-state index contributed by atoms with van der Waals surface area (Å²) in [5, 5.41) is 8.10. The van der Waals surface area contributed by atoms with E-state index >= 15 is 0 Å². The molecule has 0 saturated carbocycles. The molecule has 0 aromatic carbocycles. The first-order chi connectivity index (χ1) is 7.91. The quantitative estimate of drug-likeness (QED) is 0.790. The number of rotatable bonds is 5. The number of hydrogen-bond donors (Lipinski definition) is 1. The van der Waals surface area contributed by atoms with Crippen molar-refractivity contribution in [3.05, 3.63) is 5.89 Å². The van der Waals surface area contributed by atoms with E-state index in [0.717, 1.165) is 0 Å². The number of nitrogens with zero attached hydrogens (tertiary/aromatic N) is 3. The van der Waals surface area contributed by atoms with E-state index in [2.05, 4.69) is 10.2 Å². The van der Waals surface area contributed by atoms with Crippen LogP contribution in [-0.2, 0) is 4.79 Å². The molecule has 1 amide bonds. The molecule has 0 aliphatic rings. The molecule has 1 atom stereocenters. The summed E-state index contributed by atoms with van der Waals surface area (Å²) in [6.45, 7) is 3.97. The summed E-state index contributed by atoms with van der Waals surface area (Å²) in [7, 11) is 3.41. The summed E-state index contributed by atoms with van der Waals surface area (Å²) in [6, 6.07) is -0.263. The second-order valence-electron chi connectivity index (χ2n) is 4.25. The van der Waals surface area contributed by atoms with Crippen LogP contribution in [-0.4, -0.2) is 40.9 Å². The molecule has 17 heavy (non-hydrogen) atoms. The molecule has 0 fully saturated rings. The second-order valence-corrected chi connectivity index (χ2v) is 5.18. The van der Waals surface area contributed by atoms with Crippen molar-refractivity contribution in [2.45, 2.75) is 25.1 Å². The van der Waals surface area contributed by atoms with Crippen LogP contribution in [0.3, 0.4) is 0 Å². The Morgan fingerprint density at radius 2 is 2.12 bits per heavy atom. The third kappa shape index (κ3) is 4.01. The first kappa shape index (κ1) is 14.0. The first-order valence-electron chi connectivity index (χ1n) is 5.33. The van der Waals surface area contributed by atoms with Crippen molar-refractivity contribution in [2.24, 2.45) is 11.7 Å². The van der Waals surface area contributed by atoms with Crippen LogP contribution in [0.2, 0.25) is 0 Å². The standard InChI is InChI=1S/C10H18N4O2S/c1-6(2)8(11)9-12-13-10(16-9)17-5-7(15)14(3)4/h6,8H,5,11H2,1-4H3/t8-/m0/s1. The highest BCUT2D eigenvalue weighted by molar-refractivity contribution is 7.99. The van der Waals surface area contributed by atoms with Crippen LogP contribution in [0.15, 0.2) is 9.64 Å². The monoisotopic (exact) mass is 258 g/mol. The zero-order valence-corrected chi connectivity index (χ0v) is 11.3. The van der Waals surface area contributed by atoms with E-state index in [0.29, 0.717) is 11.1 Å². The number of hydrogen-bond acceptors (Lipinski definition) is 6. The lowest BCUT2D eigenvalue weighted by atomic mass is 10.1. The zero-order chi connectivity index (χ0) is 13.0. The molecule has 0 aliphatic carbocycles. The van der Waals surface area contributed by atoms with Crippen LogP contribution in [0.25, 0.3) is 0 Å². The van der Waals surface area contributed by atoms with Crippen LogP contribution in [0.4, 0.5) is 0 Å². The van der Waals surface area contributed by atoms with E-state index in [-0.39, 0.29) is 23.6 Å². The van der Waals surface area contributed by atoms with Gasteiger partial charge in [0.25, 0.3) is 5.22 Å². The summed E-state index contributed by atoms with van der Waals surface area (Å²) < 4.78 is 5.38. The van der Waals surface area contributed by atoms with Gasteiger partial charge < -0.3 is 15.1 Å². The smallest absolute Gasteiger partial charge is 0.277 e. The molecule has 1 aromatic heterocycles. The highest BCUT2D eigenvalue weighted by Crippen LogP contribution is 2.22. The molecule has 0 spiro atoms. The van der Waals surface area contributed by atoms with E-state index < -0.39 is 0 Å².